The van der Waals surface area contributed by atoms with Crippen molar-refractivity contribution in [3.63, 3.8) is 0 Å². The van der Waals surface area contributed by atoms with Crippen molar-refractivity contribution in [3.8, 4) is 0 Å². The van der Waals surface area contributed by atoms with E-state index in [-0.39, 0.29) is 0 Å². The molecule has 1 N–H and O–H groups in total. The standard InChI is InChI=1S/C24H33N3O2/c1-3-13-26-17-7-11-22(26)21(23-12-8-18-27(23)14-4-2)10-6-16-25-15-5-9-20(19-25)24(28)29/h7-12,17-18H,3-6,13-16,19H2,1-2H3,(H,28,29). The maximum Gasteiger partial charge on any atom is 0.332 e. The van der Waals surface area contributed by atoms with Crippen LogP contribution < -0.4 is 0 Å². The van der Waals surface area contributed by atoms with E-state index >= 15 is 0 Å². The lowest BCUT2D eigenvalue weighted by Crippen LogP contribution is -2.32. The smallest absolute Gasteiger partial charge is 0.332 e. The predicted molar refractivity (Wildman–Crippen MR) is 118 cm³/mol. The second-order valence-corrected chi connectivity index (χ2v) is 7.68. The van der Waals surface area contributed by atoms with Crippen LogP contribution in [0.3, 0.4) is 0 Å². The maximum absolute atomic E-state index is 11.3. The van der Waals surface area contributed by atoms with Crippen molar-refractivity contribution >= 4 is 11.5 Å². The molecule has 5 nitrogen and oxygen atoms in total. The summed E-state index contributed by atoms with van der Waals surface area (Å²) in [5.41, 5.74) is 4.31. The molecule has 0 saturated heterocycles. The number of aryl methyl sites for hydroxylation is 2. The summed E-state index contributed by atoms with van der Waals surface area (Å²) in [4.78, 5) is 13.5. The Kier molecular flexibility index (Phi) is 7.53. The molecule has 0 aromatic carbocycles. The summed E-state index contributed by atoms with van der Waals surface area (Å²) in [7, 11) is 0. The van der Waals surface area contributed by atoms with Gasteiger partial charge in [0.1, 0.15) is 0 Å². The summed E-state index contributed by atoms with van der Waals surface area (Å²) in [6.45, 7) is 8.76. The van der Waals surface area contributed by atoms with Crippen LogP contribution in [0.4, 0.5) is 0 Å². The highest BCUT2D eigenvalue weighted by Gasteiger charge is 2.17. The quantitative estimate of drug-likeness (QED) is 0.637. The first-order chi connectivity index (χ1) is 14.1. The van der Waals surface area contributed by atoms with Crippen LogP contribution in [0, 0.1) is 0 Å². The summed E-state index contributed by atoms with van der Waals surface area (Å²) in [5, 5.41) is 9.27. The minimum absolute atomic E-state index is 0.522. The van der Waals surface area contributed by atoms with Crippen molar-refractivity contribution < 1.29 is 9.90 Å². The first-order valence-corrected chi connectivity index (χ1v) is 10.8. The lowest BCUT2D eigenvalue weighted by molar-refractivity contribution is -0.133. The topological polar surface area (TPSA) is 50.4 Å². The SMILES string of the molecule is CCCn1cccc1C(=CCCN1CCC=C(C(=O)O)C1)c1cccn1CCC. The predicted octanol–water partition coefficient (Wildman–Crippen LogP) is 4.65. The number of aliphatic carboxylic acids is 1. The molecule has 3 rings (SSSR count). The fourth-order valence-electron chi connectivity index (χ4n) is 4.07. The Hall–Kier alpha value is -2.53. The second-order valence-electron chi connectivity index (χ2n) is 7.68. The van der Waals surface area contributed by atoms with Crippen LogP contribution in [0.25, 0.3) is 5.57 Å². The molecular formula is C24H33N3O2. The molecule has 1 aliphatic heterocycles. The highest BCUT2D eigenvalue weighted by molar-refractivity contribution is 5.87. The summed E-state index contributed by atoms with van der Waals surface area (Å²) >= 11 is 0. The van der Waals surface area contributed by atoms with Crippen molar-refractivity contribution in [2.24, 2.45) is 0 Å². The number of carboxylic acids is 1. The van der Waals surface area contributed by atoms with Crippen LogP contribution in [-0.4, -0.2) is 44.7 Å². The first-order valence-electron chi connectivity index (χ1n) is 10.8. The molecule has 0 saturated carbocycles. The van der Waals surface area contributed by atoms with Gasteiger partial charge in [-0.2, -0.15) is 0 Å². The van der Waals surface area contributed by atoms with Gasteiger partial charge >= 0.3 is 5.97 Å². The average molecular weight is 396 g/mol. The highest BCUT2D eigenvalue weighted by atomic mass is 16.4. The van der Waals surface area contributed by atoms with E-state index < -0.39 is 5.97 Å². The third kappa shape index (κ3) is 5.30. The minimum atomic E-state index is -0.791. The Labute approximate surface area is 173 Å². The number of carbonyl (C=O) groups is 1. The fraction of sp³-hybridized carbons (Fsp3) is 0.458. The van der Waals surface area contributed by atoms with Crippen molar-refractivity contribution in [2.45, 2.75) is 52.6 Å². The van der Waals surface area contributed by atoms with Gasteiger partial charge in [-0.3, -0.25) is 4.90 Å². The Morgan fingerprint density at radius 3 is 2.21 bits per heavy atom. The number of carboxylic acid groups (broad SMARTS) is 1. The van der Waals surface area contributed by atoms with Crippen LogP contribution in [0.15, 0.2) is 54.4 Å². The molecular weight excluding hydrogens is 362 g/mol. The van der Waals surface area contributed by atoms with Crippen LogP contribution in [-0.2, 0) is 17.9 Å². The van der Waals surface area contributed by atoms with E-state index in [1.807, 2.05) is 6.08 Å². The molecule has 3 heterocycles. The summed E-state index contributed by atoms with van der Waals surface area (Å²) in [6.07, 6.45) is 12.4. The molecule has 0 amide bonds. The zero-order valence-electron chi connectivity index (χ0n) is 17.7. The maximum atomic E-state index is 11.3. The molecule has 0 atom stereocenters. The Morgan fingerprint density at radius 2 is 1.66 bits per heavy atom. The molecule has 1 aliphatic rings. The van der Waals surface area contributed by atoms with Crippen LogP contribution >= 0.6 is 0 Å². The molecule has 0 bridgehead atoms. The van der Waals surface area contributed by atoms with Gasteiger partial charge in [-0.1, -0.05) is 26.0 Å². The Morgan fingerprint density at radius 1 is 1.03 bits per heavy atom. The van der Waals surface area contributed by atoms with Crippen molar-refractivity contribution in [2.75, 3.05) is 19.6 Å². The number of nitrogens with zero attached hydrogens (tertiary/aromatic N) is 3. The zero-order chi connectivity index (χ0) is 20.6. The van der Waals surface area contributed by atoms with Gasteiger partial charge in [0.05, 0.1) is 0 Å². The van der Waals surface area contributed by atoms with Gasteiger partial charge in [-0.15, -0.1) is 0 Å². The van der Waals surface area contributed by atoms with Gasteiger partial charge in [-0.25, -0.2) is 4.79 Å². The van der Waals surface area contributed by atoms with E-state index in [1.165, 1.54) is 17.0 Å². The molecule has 0 radical (unpaired) electrons. The molecule has 2 aromatic rings. The highest BCUT2D eigenvalue weighted by Crippen LogP contribution is 2.26. The molecule has 29 heavy (non-hydrogen) atoms. The monoisotopic (exact) mass is 395 g/mol. The van der Waals surface area contributed by atoms with E-state index in [0.717, 1.165) is 51.9 Å². The molecule has 2 aromatic heterocycles. The van der Waals surface area contributed by atoms with Crippen molar-refractivity contribution in [1.29, 1.82) is 0 Å². The first kappa shape index (κ1) is 21.2. The van der Waals surface area contributed by atoms with Crippen LogP contribution in [0.1, 0.15) is 50.9 Å². The summed E-state index contributed by atoms with van der Waals surface area (Å²) in [6, 6.07) is 8.66. The van der Waals surface area contributed by atoms with E-state index in [0.29, 0.717) is 12.1 Å². The zero-order valence-corrected chi connectivity index (χ0v) is 17.7. The van der Waals surface area contributed by atoms with Crippen molar-refractivity contribution in [1.82, 2.24) is 14.0 Å². The molecule has 0 unspecified atom stereocenters. The van der Waals surface area contributed by atoms with E-state index in [4.69, 9.17) is 0 Å². The lowest BCUT2D eigenvalue weighted by atomic mass is 10.1. The number of hydrogen-bond donors (Lipinski definition) is 1. The largest absolute Gasteiger partial charge is 0.478 e. The normalized spacial score (nSPS) is 14.6. The fourth-order valence-corrected chi connectivity index (χ4v) is 4.07. The van der Waals surface area contributed by atoms with Crippen LogP contribution in [0.2, 0.25) is 0 Å². The number of aromatic nitrogens is 2. The molecule has 156 valence electrons. The van der Waals surface area contributed by atoms with Gasteiger partial charge in [0.2, 0.25) is 0 Å². The summed E-state index contributed by atoms with van der Waals surface area (Å²) < 4.78 is 4.67. The van der Waals surface area contributed by atoms with Crippen molar-refractivity contribution in [3.05, 3.63) is 65.8 Å². The third-order valence-electron chi connectivity index (χ3n) is 5.44. The Balaban J connectivity index is 1.81. The second kappa shape index (κ2) is 10.3. The van der Waals surface area contributed by atoms with Gasteiger partial charge in [0, 0.05) is 67.7 Å². The average Bonchev–Trinajstić information content (AvgIpc) is 3.36. The van der Waals surface area contributed by atoms with Gasteiger partial charge in [0.25, 0.3) is 0 Å². The Bertz CT molecular complexity index is 826. The van der Waals surface area contributed by atoms with Gasteiger partial charge in [-0.05, 0) is 49.9 Å². The molecule has 0 aliphatic carbocycles. The number of hydrogen-bond acceptors (Lipinski definition) is 2. The van der Waals surface area contributed by atoms with Crippen LogP contribution in [0.5, 0.6) is 0 Å². The number of rotatable bonds is 10. The molecule has 0 fully saturated rings. The third-order valence-corrected chi connectivity index (χ3v) is 5.44. The van der Waals surface area contributed by atoms with E-state index in [2.05, 4.69) is 70.6 Å². The van der Waals surface area contributed by atoms with E-state index in [9.17, 15) is 9.90 Å². The van der Waals surface area contributed by atoms with Gasteiger partial charge in [0.15, 0.2) is 0 Å². The summed E-state index contributed by atoms with van der Waals surface area (Å²) in [5.74, 6) is -0.791. The minimum Gasteiger partial charge on any atom is -0.478 e. The van der Waals surface area contributed by atoms with Gasteiger partial charge < -0.3 is 14.2 Å². The van der Waals surface area contributed by atoms with E-state index in [1.54, 1.807) is 0 Å². The lowest BCUT2D eigenvalue weighted by Gasteiger charge is -2.25. The molecule has 5 heteroatoms. The molecule has 0 spiro atoms.